The fraction of sp³-hybridized carbons (Fsp3) is 0. The molecule has 4 rings (SSSR count). The molecule has 8 nitrogen and oxygen atoms in total. The second kappa shape index (κ2) is 4.92. The van der Waals surface area contributed by atoms with Gasteiger partial charge in [0.1, 0.15) is 22.5 Å². The Morgan fingerprint density at radius 1 is 0.583 bits per heavy atom. The number of carbonyl (C=O) groups excluding carboxylic acids is 4. The maximum absolute atomic E-state index is 11.7. The van der Waals surface area contributed by atoms with Gasteiger partial charge in [0.05, 0.1) is 11.1 Å². The van der Waals surface area contributed by atoms with Gasteiger partial charge in [-0.25, -0.2) is 19.2 Å². The van der Waals surface area contributed by atoms with Crippen LogP contribution in [0.15, 0.2) is 46.6 Å². The maximum Gasteiger partial charge on any atom is 0.349 e. The number of fused-ring (bicyclic) bond motifs is 2. The van der Waals surface area contributed by atoms with Gasteiger partial charge in [0.25, 0.3) is 0 Å². The molecule has 0 aromatic heterocycles. The van der Waals surface area contributed by atoms with Crippen molar-refractivity contribution in [2.45, 2.75) is 0 Å². The minimum absolute atomic E-state index is 0.0116. The van der Waals surface area contributed by atoms with Crippen molar-refractivity contribution in [1.82, 2.24) is 0 Å². The number of rotatable bonds is 2. The van der Waals surface area contributed by atoms with E-state index in [4.69, 9.17) is 0 Å². The molecule has 0 fully saturated rings. The summed E-state index contributed by atoms with van der Waals surface area (Å²) in [6.07, 6.45) is 0. The summed E-state index contributed by atoms with van der Waals surface area (Å²) in [5.74, 6) is -3.11. The molecule has 0 spiro atoms. The Morgan fingerprint density at radius 2 is 1.00 bits per heavy atom. The molecule has 0 aliphatic carbocycles. The van der Waals surface area contributed by atoms with E-state index in [0.29, 0.717) is 0 Å². The van der Waals surface area contributed by atoms with E-state index in [9.17, 15) is 19.2 Å². The Balaban J connectivity index is 1.80. The first-order valence-corrected chi connectivity index (χ1v) is 6.77. The van der Waals surface area contributed by atoms with E-state index in [1.807, 2.05) is 0 Å². The quantitative estimate of drug-likeness (QED) is 0.477. The predicted octanol–water partition coefficient (Wildman–Crippen LogP) is 2.72. The Morgan fingerprint density at radius 3 is 1.42 bits per heavy atom. The summed E-state index contributed by atoms with van der Waals surface area (Å²) in [6, 6.07) is 8.90. The maximum atomic E-state index is 11.7. The van der Waals surface area contributed by atoms with Crippen molar-refractivity contribution in [2.75, 3.05) is 0 Å². The van der Waals surface area contributed by atoms with Crippen LogP contribution in [0.2, 0.25) is 0 Å². The lowest BCUT2D eigenvalue weighted by Gasteiger charge is -1.99. The third kappa shape index (κ3) is 1.93. The first-order chi connectivity index (χ1) is 11.6. The number of cyclic esters (lactones) is 4. The average Bonchev–Trinajstić information content (AvgIpc) is 3.03. The minimum atomic E-state index is -0.808. The van der Waals surface area contributed by atoms with Crippen molar-refractivity contribution in [3.05, 3.63) is 58.7 Å². The lowest BCUT2D eigenvalue weighted by molar-refractivity contribution is 0.0426. The Bertz CT molecular complexity index is 913. The number of hydrogen-bond donors (Lipinski definition) is 0. The van der Waals surface area contributed by atoms with Crippen LogP contribution in [0, 0.1) is 0 Å². The van der Waals surface area contributed by atoms with Crippen LogP contribution in [0.1, 0.15) is 41.4 Å². The number of ether oxygens (including phenoxy) is 2. The monoisotopic (exact) mass is 322 g/mol. The van der Waals surface area contributed by atoms with Gasteiger partial charge in [-0.2, -0.15) is 0 Å². The number of azo groups is 1. The minimum Gasteiger partial charge on any atom is -0.386 e. The molecule has 0 amide bonds. The van der Waals surface area contributed by atoms with Gasteiger partial charge in [0, 0.05) is 0 Å². The van der Waals surface area contributed by atoms with Crippen molar-refractivity contribution in [1.29, 1.82) is 0 Å². The van der Waals surface area contributed by atoms with Gasteiger partial charge in [-0.1, -0.05) is 12.1 Å². The van der Waals surface area contributed by atoms with Gasteiger partial charge >= 0.3 is 23.9 Å². The number of esters is 4. The number of nitrogens with zero attached hydrogens (tertiary/aromatic N) is 2. The summed E-state index contributed by atoms with van der Waals surface area (Å²) in [5.41, 5.74) is 0.473. The summed E-state index contributed by atoms with van der Waals surface area (Å²) in [7, 11) is 0. The van der Waals surface area contributed by atoms with Gasteiger partial charge in [0.2, 0.25) is 0 Å². The van der Waals surface area contributed by atoms with Crippen LogP contribution in [-0.4, -0.2) is 23.9 Å². The lowest BCUT2D eigenvalue weighted by atomic mass is 10.1. The molecule has 0 atom stereocenters. The zero-order chi connectivity index (χ0) is 16.8. The smallest absolute Gasteiger partial charge is 0.349 e. The highest BCUT2D eigenvalue weighted by Gasteiger charge is 2.33. The molecule has 0 radical (unpaired) electrons. The number of benzene rings is 2. The fourth-order valence-corrected chi connectivity index (χ4v) is 2.50. The van der Waals surface area contributed by atoms with E-state index in [1.54, 1.807) is 0 Å². The molecule has 0 N–H and O–H groups in total. The molecule has 0 saturated carbocycles. The first kappa shape index (κ1) is 13.9. The highest BCUT2D eigenvalue weighted by molar-refractivity contribution is 6.18. The third-order valence-electron chi connectivity index (χ3n) is 3.57. The van der Waals surface area contributed by atoms with Crippen molar-refractivity contribution in [2.24, 2.45) is 10.2 Å². The van der Waals surface area contributed by atoms with Gasteiger partial charge in [-0.3, -0.25) is 0 Å². The fourth-order valence-electron chi connectivity index (χ4n) is 2.50. The first-order valence-electron chi connectivity index (χ1n) is 6.77. The van der Waals surface area contributed by atoms with Crippen molar-refractivity contribution >= 4 is 35.3 Å². The van der Waals surface area contributed by atoms with Gasteiger partial charge in [-0.05, 0) is 24.3 Å². The zero-order valence-corrected chi connectivity index (χ0v) is 11.8. The second-order valence-electron chi connectivity index (χ2n) is 4.95. The average molecular weight is 322 g/mol. The van der Waals surface area contributed by atoms with Crippen molar-refractivity contribution in [3.8, 4) is 0 Å². The van der Waals surface area contributed by atoms with Gasteiger partial charge in [0.15, 0.2) is 0 Å². The Hall–Kier alpha value is -3.68. The molecule has 2 heterocycles. The summed E-state index contributed by atoms with van der Waals surface area (Å²) >= 11 is 0. The topological polar surface area (TPSA) is 111 Å². The molecule has 0 saturated heterocycles. The molecule has 0 bridgehead atoms. The van der Waals surface area contributed by atoms with Crippen molar-refractivity contribution < 1.29 is 28.7 Å². The summed E-state index contributed by atoms with van der Waals surface area (Å²) in [4.78, 5) is 46.5. The largest absolute Gasteiger partial charge is 0.386 e. The van der Waals surface area contributed by atoms with Gasteiger partial charge in [-0.15, -0.1) is 10.2 Å². The zero-order valence-electron chi connectivity index (χ0n) is 11.8. The molecule has 2 aromatic carbocycles. The molecule has 0 unspecified atom stereocenters. The van der Waals surface area contributed by atoms with Crippen LogP contribution in [0.25, 0.3) is 0 Å². The molecule has 8 heteroatoms. The molecule has 2 aliphatic heterocycles. The van der Waals surface area contributed by atoms with Crippen LogP contribution >= 0.6 is 0 Å². The molecular weight excluding hydrogens is 316 g/mol. The molecule has 116 valence electrons. The van der Waals surface area contributed by atoms with Crippen LogP contribution in [0.3, 0.4) is 0 Å². The third-order valence-corrected chi connectivity index (χ3v) is 3.57. The standard InChI is InChI=1S/C16H6N2O6/c19-13-7-3-1-5-9(11(7)15(21)23-13)17-18-10-6-2-4-8-12(10)16(22)24-14(8)20/h1-6H. The SMILES string of the molecule is O=C1OC(=O)c2c(N=Nc3cccc4c3C(=O)OC4=O)cccc21. The van der Waals surface area contributed by atoms with E-state index < -0.39 is 23.9 Å². The normalized spacial score (nSPS) is 15.5. The highest BCUT2D eigenvalue weighted by Crippen LogP contribution is 2.33. The Labute approximate surface area is 133 Å². The van der Waals surface area contributed by atoms with Crippen LogP contribution in [0.5, 0.6) is 0 Å². The van der Waals surface area contributed by atoms with Crippen molar-refractivity contribution in [3.63, 3.8) is 0 Å². The van der Waals surface area contributed by atoms with Gasteiger partial charge < -0.3 is 9.47 Å². The van der Waals surface area contributed by atoms with E-state index >= 15 is 0 Å². The van der Waals surface area contributed by atoms with E-state index in [0.717, 1.165) is 0 Å². The van der Waals surface area contributed by atoms with Crippen LogP contribution in [0.4, 0.5) is 11.4 Å². The lowest BCUT2D eigenvalue weighted by Crippen LogP contribution is -1.97. The summed E-state index contributed by atoms with van der Waals surface area (Å²) in [6.45, 7) is 0. The van der Waals surface area contributed by atoms with Crippen LogP contribution in [-0.2, 0) is 9.47 Å². The molecule has 2 aliphatic rings. The Kier molecular flexibility index (Phi) is 2.86. The molecule has 24 heavy (non-hydrogen) atoms. The highest BCUT2D eigenvalue weighted by atomic mass is 16.6. The second-order valence-corrected chi connectivity index (χ2v) is 4.95. The summed E-state index contributed by atoms with van der Waals surface area (Å²) < 4.78 is 9.06. The van der Waals surface area contributed by atoms with E-state index in [-0.39, 0.29) is 33.6 Å². The summed E-state index contributed by atoms with van der Waals surface area (Å²) in [5, 5.41) is 7.85. The molecule has 2 aromatic rings. The van der Waals surface area contributed by atoms with E-state index in [1.165, 1.54) is 36.4 Å². The van der Waals surface area contributed by atoms with E-state index in [2.05, 4.69) is 19.7 Å². The molecular formula is C16H6N2O6. The predicted molar refractivity (Wildman–Crippen MR) is 76.6 cm³/mol. The number of carbonyl (C=O) groups is 4. The van der Waals surface area contributed by atoms with Crippen LogP contribution < -0.4 is 0 Å². The number of hydrogen-bond acceptors (Lipinski definition) is 8.